The van der Waals surface area contributed by atoms with Crippen molar-refractivity contribution in [1.29, 1.82) is 0 Å². The molecular weight excluding hydrogens is 219 g/mol. The standard InChI is InChI=1S/C10H8F3N3/c11-10(12,13)6-1-2-7-8(3-6)15-5-16-9(7)4-14/h1-3,5H,4,14H2. The lowest BCUT2D eigenvalue weighted by molar-refractivity contribution is -0.137. The fraction of sp³-hybridized carbons (Fsp3) is 0.200. The Kier molecular flexibility index (Phi) is 2.51. The molecule has 0 atom stereocenters. The van der Waals surface area contributed by atoms with Crippen LogP contribution in [0.4, 0.5) is 13.2 Å². The van der Waals surface area contributed by atoms with E-state index in [0.29, 0.717) is 11.1 Å². The summed E-state index contributed by atoms with van der Waals surface area (Å²) >= 11 is 0. The lowest BCUT2D eigenvalue weighted by Gasteiger charge is -2.08. The Morgan fingerprint density at radius 3 is 2.56 bits per heavy atom. The number of alkyl halides is 3. The van der Waals surface area contributed by atoms with Gasteiger partial charge in [0.05, 0.1) is 16.8 Å². The molecule has 0 amide bonds. The summed E-state index contributed by atoms with van der Waals surface area (Å²) in [5.74, 6) is 0. The van der Waals surface area contributed by atoms with Crippen LogP contribution in [-0.2, 0) is 12.7 Å². The third-order valence-electron chi connectivity index (χ3n) is 2.24. The number of rotatable bonds is 1. The Bertz CT molecular complexity index is 522. The van der Waals surface area contributed by atoms with Crippen LogP contribution in [0.25, 0.3) is 10.9 Å². The molecule has 2 rings (SSSR count). The second kappa shape index (κ2) is 3.71. The van der Waals surface area contributed by atoms with Gasteiger partial charge in [0.25, 0.3) is 0 Å². The maximum atomic E-state index is 12.4. The molecule has 3 nitrogen and oxygen atoms in total. The maximum Gasteiger partial charge on any atom is 0.416 e. The smallest absolute Gasteiger partial charge is 0.325 e. The third kappa shape index (κ3) is 1.83. The molecule has 0 aliphatic carbocycles. The summed E-state index contributed by atoms with van der Waals surface area (Å²) in [5.41, 5.74) is 5.50. The largest absolute Gasteiger partial charge is 0.416 e. The van der Waals surface area contributed by atoms with Crippen LogP contribution in [0.3, 0.4) is 0 Å². The van der Waals surface area contributed by atoms with E-state index in [1.54, 1.807) is 0 Å². The van der Waals surface area contributed by atoms with Gasteiger partial charge in [0, 0.05) is 11.9 Å². The van der Waals surface area contributed by atoms with E-state index in [0.717, 1.165) is 12.1 Å². The molecule has 1 aromatic heterocycles. The summed E-state index contributed by atoms with van der Waals surface area (Å²) in [4.78, 5) is 7.70. The van der Waals surface area contributed by atoms with E-state index in [-0.39, 0.29) is 12.1 Å². The van der Waals surface area contributed by atoms with Crippen LogP contribution >= 0.6 is 0 Å². The average Bonchev–Trinajstić information content (AvgIpc) is 2.26. The first-order valence-corrected chi connectivity index (χ1v) is 4.53. The molecule has 1 heterocycles. The second-order valence-electron chi connectivity index (χ2n) is 3.25. The Hall–Kier alpha value is -1.69. The molecule has 16 heavy (non-hydrogen) atoms. The molecule has 0 bridgehead atoms. The minimum Gasteiger partial charge on any atom is -0.325 e. The van der Waals surface area contributed by atoms with Crippen molar-refractivity contribution in [2.24, 2.45) is 5.73 Å². The zero-order valence-electron chi connectivity index (χ0n) is 8.12. The van der Waals surface area contributed by atoms with Gasteiger partial charge in [-0.05, 0) is 12.1 Å². The lowest BCUT2D eigenvalue weighted by atomic mass is 10.1. The van der Waals surface area contributed by atoms with Gasteiger partial charge in [-0.25, -0.2) is 9.97 Å². The molecule has 0 aliphatic heterocycles. The third-order valence-corrected chi connectivity index (χ3v) is 2.24. The first-order valence-electron chi connectivity index (χ1n) is 4.53. The Morgan fingerprint density at radius 1 is 1.19 bits per heavy atom. The predicted molar refractivity (Wildman–Crippen MR) is 52.4 cm³/mol. The number of benzene rings is 1. The average molecular weight is 227 g/mol. The molecule has 1 aromatic carbocycles. The normalized spacial score (nSPS) is 12.0. The molecule has 0 radical (unpaired) electrons. The molecule has 0 spiro atoms. The molecule has 0 aliphatic rings. The number of hydrogen-bond acceptors (Lipinski definition) is 3. The first kappa shape index (κ1) is 10.8. The van der Waals surface area contributed by atoms with E-state index in [1.165, 1.54) is 12.4 Å². The molecule has 2 aromatic rings. The van der Waals surface area contributed by atoms with Gasteiger partial charge in [0.2, 0.25) is 0 Å². The van der Waals surface area contributed by atoms with Crippen LogP contribution < -0.4 is 5.73 Å². The first-order chi connectivity index (χ1) is 7.52. The maximum absolute atomic E-state index is 12.4. The van der Waals surface area contributed by atoms with E-state index in [2.05, 4.69) is 9.97 Å². The quantitative estimate of drug-likeness (QED) is 0.811. The minimum atomic E-state index is -4.36. The summed E-state index contributed by atoms with van der Waals surface area (Å²) < 4.78 is 37.3. The highest BCUT2D eigenvalue weighted by Gasteiger charge is 2.30. The summed E-state index contributed by atoms with van der Waals surface area (Å²) in [6, 6.07) is 3.35. The topological polar surface area (TPSA) is 51.8 Å². The van der Waals surface area contributed by atoms with Crippen molar-refractivity contribution in [1.82, 2.24) is 9.97 Å². The van der Waals surface area contributed by atoms with Crippen LogP contribution in [0.15, 0.2) is 24.5 Å². The van der Waals surface area contributed by atoms with Crippen molar-refractivity contribution < 1.29 is 13.2 Å². The molecular formula is C10H8F3N3. The lowest BCUT2D eigenvalue weighted by Crippen LogP contribution is -2.06. The zero-order chi connectivity index (χ0) is 11.8. The molecule has 0 saturated carbocycles. The van der Waals surface area contributed by atoms with E-state index >= 15 is 0 Å². The van der Waals surface area contributed by atoms with Crippen molar-refractivity contribution in [3.63, 3.8) is 0 Å². The van der Waals surface area contributed by atoms with Gasteiger partial charge in [0.1, 0.15) is 6.33 Å². The fourth-order valence-electron chi connectivity index (χ4n) is 1.45. The van der Waals surface area contributed by atoms with E-state index in [4.69, 9.17) is 5.73 Å². The summed E-state index contributed by atoms with van der Waals surface area (Å²) in [5, 5.41) is 0.554. The number of nitrogens with zero attached hydrogens (tertiary/aromatic N) is 2. The molecule has 2 N–H and O–H groups in total. The van der Waals surface area contributed by atoms with Crippen molar-refractivity contribution >= 4 is 10.9 Å². The molecule has 0 saturated heterocycles. The molecule has 0 fully saturated rings. The van der Waals surface area contributed by atoms with Crippen LogP contribution in [-0.4, -0.2) is 9.97 Å². The predicted octanol–water partition coefficient (Wildman–Crippen LogP) is 2.11. The number of hydrogen-bond donors (Lipinski definition) is 1. The highest BCUT2D eigenvalue weighted by molar-refractivity contribution is 5.81. The van der Waals surface area contributed by atoms with Crippen LogP contribution in [0.1, 0.15) is 11.3 Å². The van der Waals surface area contributed by atoms with Gasteiger partial charge in [-0.3, -0.25) is 0 Å². The van der Waals surface area contributed by atoms with Gasteiger partial charge in [-0.15, -0.1) is 0 Å². The van der Waals surface area contributed by atoms with Crippen LogP contribution in [0.5, 0.6) is 0 Å². The van der Waals surface area contributed by atoms with Gasteiger partial charge in [-0.2, -0.15) is 13.2 Å². The minimum absolute atomic E-state index is 0.171. The van der Waals surface area contributed by atoms with Crippen LogP contribution in [0, 0.1) is 0 Å². The zero-order valence-corrected chi connectivity index (χ0v) is 8.12. The van der Waals surface area contributed by atoms with Crippen LogP contribution in [0.2, 0.25) is 0 Å². The summed E-state index contributed by atoms with van der Waals surface area (Å²) in [7, 11) is 0. The SMILES string of the molecule is NCc1ncnc2cc(C(F)(F)F)ccc12. The molecule has 6 heteroatoms. The highest BCUT2D eigenvalue weighted by Crippen LogP contribution is 2.31. The highest BCUT2D eigenvalue weighted by atomic mass is 19.4. The van der Waals surface area contributed by atoms with Gasteiger partial charge < -0.3 is 5.73 Å². The van der Waals surface area contributed by atoms with Gasteiger partial charge in [0.15, 0.2) is 0 Å². The summed E-state index contributed by atoms with van der Waals surface area (Å²) in [6.07, 6.45) is -3.15. The monoisotopic (exact) mass is 227 g/mol. The Morgan fingerprint density at radius 2 is 1.94 bits per heavy atom. The van der Waals surface area contributed by atoms with Crippen molar-refractivity contribution in [2.45, 2.75) is 12.7 Å². The van der Waals surface area contributed by atoms with Gasteiger partial charge in [-0.1, -0.05) is 6.07 Å². The molecule has 84 valence electrons. The van der Waals surface area contributed by atoms with Crippen molar-refractivity contribution in [3.8, 4) is 0 Å². The van der Waals surface area contributed by atoms with Crippen molar-refractivity contribution in [2.75, 3.05) is 0 Å². The number of fused-ring (bicyclic) bond motifs is 1. The Balaban J connectivity index is 2.64. The van der Waals surface area contributed by atoms with E-state index in [1.807, 2.05) is 0 Å². The van der Waals surface area contributed by atoms with E-state index in [9.17, 15) is 13.2 Å². The number of aromatic nitrogens is 2. The number of nitrogens with two attached hydrogens (primary N) is 1. The van der Waals surface area contributed by atoms with Crippen molar-refractivity contribution in [3.05, 3.63) is 35.8 Å². The van der Waals surface area contributed by atoms with E-state index < -0.39 is 11.7 Å². The summed E-state index contributed by atoms with van der Waals surface area (Å²) in [6.45, 7) is 0.171. The van der Waals surface area contributed by atoms with Gasteiger partial charge >= 0.3 is 6.18 Å². The number of halogens is 3. The second-order valence-corrected chi connectivity index (χ2v) is 3.25. The molecule has 0 unspecified atom stereocenters. The Labute approximate surface area is 89.1 Å². The fourth-order valence-corrected chi connectivity index (χ4v) is 1.45.